The first-order valence-electron chi connectivity index (χ1n) is 6.97. The number of benzene rings is 2. The third kappa shape index (κ3) is 4.93. The van der Waals surface area contributed by atoms with Crippen LogP contribution in [0.1, 0.15) is 11.1 Å². The molecule has 1 N–H and O–H groups in total. The van der Waals surface area contributed by atoms with Gasteiger partial charge in [0.15, 0.2) is 0 Å². The summed E-state index contributed by atoms with van der Waals surface area (Å²) >= 11 is 0. The molecule has 0 atom stereocenters. The molecule has 0 aromatic heterocycles. The second kappa shape index (κ2) is 7.66. The van der Waals surface area contributed by atoms with Crippen molar-refractivity contribution in [2.24, 2.45) is 0 Å². The largest absolute Gasteiger partial charge is 0.351 e. The van der Waals surface area contributed by atoms with Crippen LogP contribution >= 0.6 is 0 Å². The van der Waals surface area contributed by atoms with Crippen molar-refractivity contribution in [2.75, 3.05) is 13.6 Å². The normalized spacial score (nSPS) is 10.7. The number of hydrogen-bond donors (Lipinski definition) is 1. The van der Waals surface area contributed by atoms with Crippen LogP contribution in [0.25, 0.3) is 0 Å². The molecule has 5 heteroatoms. The average molecular weight is 304 g/mol. The Morgan fingerprint density at radius 3 is 2.64 bits per heavy atom. The van der Waals surface area contributed by atoms with Crippen molar-refractivity contribution in [3.63, 3.8) is 0 Å². The second-order valence-electron chi connectivity index (χ2n) is 5.17. The number of carbonyl (C=O) groups is 1. The zero-order valence-corrected chi connectivity index (χ0v) is 12.4. The monoisotopic (exact) mass is 304 g/mol. The molecule has 0 radical (unpaired) electrons. The Hall–Kier alpha value is -2.27. The molecule has 0 aliphatic heterocycles. The second-order valence-corrected chi connectivity index (χ2v) is 5.17. The van der Waals surface area contributed by atoms with Crippen molar-refractivity contribution in [3.05, 3.63) is 71.3 Å². The van der Waals surface area contributed by atoms with Gasteiger partial charge in [-0.25, -0.2) is 8.78 Å². The third-order valence-electron chi connectivity index (χ3n) is 3.19. The summed E-state index contributed by atoms with van der Waals surface area (Å²) in [6.07, 6.45) is 0. The number of nitrogens with one attached hydrogen (secondary N) is 1. The number of likely N-dealkylation sites (N-methyl/N-ethyl adjacent to an activating group) is 1. The van der Waals surface area contributed by atoms with Crippen molar-refractivity contribution in [2.45, 2.75) is 13.1 Å². The SMILES string of the molecule is CN(CC(=O)NCc1ccccc1F)Cc1cccc(F)c1. The number of hydrogen-bond acceptors (Lipinski definition) is 2. The van der Waals surface area contributed by atoms with Gasteiger partial charge in [-0.2, -0.15) is 0 Å². The van der Waals surface area contributed by atoms with Gasteiger partial charge in [0, 0.05) is 18.7 Å². The van der Waals surface area contributed by atoms with Gasteiger partial charge < -0.3 is 5.32 Å². The highest BCUT2D eigenvalue weighted by Gasteiger charge is 2.08. The minimum atomic E-state index is -0.337. The van der Waals surface area contributed by atoms with E-state index in [2.05, 4.69) is 5.32 Å². The minimum absolute atomic E-state index is 0.152. The molecule has 116 valence electrons. The Balaban J connectivity index is 1.80. The van der Waals surface area contributed by atoms with Crippen LogP contribution in [0.5, 0.6) is 0 Å². The highest BCUT2D eigenvalue weighted by molar-refractivity contribution is 5.77. The van der Waals surface area contributed by atoms with Gasteiger partial charge in [-0.15, -0.1) is 0 Å². The van der Waals surface area contributed by atoms with Gasteiger partial charge >= 0.3 is 0 Å². The molecule has 2 rings (SSSR count). The van der Waals surface area contributed by atoms with E-state index in [1.54, 1.807) is 42.3 Å². The van der Waals surface area contributed by atoms with Crippen molar-refractivity contribution >= 4 is 5.91 Å². The predicted octanol–water partition coefficient (Wildman–Crippen LogP) is 2.71. The lowest BCUT2D eigenvalue weighted by Gasteiger charge is -2.16. The lowest BCUT2D eigenvalue weighted by molar-refractivity contribution is -0.122. The fourth-order valence-electron chi connectivity index (χ4n) is 2.14. The first-order chi connectivity index (χ1) is 10.5. The van der Waals surface area contributed by atoms with Crippen LogP contribution in [0.3, 0.4) is 0 Å². The molecule has 1 amide bonds. The third-order valence-corrected chi connectivity index (χ3v) is 3.19. The highest BCUT2D eigenvalue weighted by Crippen LogP contribution is 2.07. The minimum Gasteiger partial charge on any atom is -0.351 e. The molecule has 0 bridgehead atoms. The number of nitrogens with zero attached hydrogens (tertiary/aromatic N) is 1. The van der Waals surface area contributed by atoms with Crippen LogP contribution in [0.2, 0.25) is 0 Å². The van der Waals surface area contributed by atoms with Crippen LogP contribution in [0.15, 0.2) is 48.5 Å². The van der Waals surface area contributed by atoms with E-state index in [4.69, 9.17) is 0 Å². The summed E-state index contributed by atoms with van der Waals surface area (Å²) in [6.45, 7) is 0.773. The van der Waals surface area contributed by atoms with E-state index >= 15 is 0 Å². The smallest absolute Gasteiger partial charge is 0.234 e. The van der Waals surface area contributed by atoms with Gasteiger partial charge in [-0.1, -0.05) is 30.3 Å². The molecule has 0 aliphatic carbocycles. The predicted molar refractivity (Wildman–Crippen MR) is 81.0 cm³/mol. The van der Waals surface area contributed by atoms with Gasteiger partial charge in [-0.05, 0) is 30.8 Å². The summed E-state index contributed by atoms with van der Waals surface area (Å²) in [5.41, 5.74) is 1.24. The zero-order valence-electron chi connectivity index (χ0n) is 12.4. The highest BCUT2D eigenvalue weighted by atomic mass is 19.1. The van der Waals surface area contributed by atoms with Gasteiger partial charge in [-0.3, -0.25) is 9.69 Å². The summed E-state index contributed by atoms with van der Waals surface area (Å²) < 4.78 is 26.5. The lowest BCUT2D eigenvalue weighted by Crippen LogP contribution is -2.34. The Morgan fingerprint density at radius 1 is 1.14 bits per heavy atom. The van der Waals surface area contributed by atoms with Gasteiger partial charge in [0.25, 0.3) is 0 Å². The molecule has 0 aliphatic rings. The average Bonchev–Trinajstić information content (AvgIpc) is 2.46. The van der Waals surface area contributed by atoms with Crippen LogP contribution in [0.4, 0.5) is 8.78 Å². The van der Waals surface area contributed by atoms with Crippen molar-refractivity contribution in [1.82, 2.24) is 10.2 Å². The maximum atomic E-state index is 13.4. The maximum Gasteiger partial charge on any atom is 0.234 e. The van der Waals surface area contributed by atoms with E-state index < -0.39 is 0 Å². The van der Waals surface area contributed by atoms with E-state index in [0.717, 1.165) is 5.56 Å². The number of halogens is 2. The van der Waals surface area contributed by atoms with Crippen LogP contribution in [-0.4, -0.2) is 24.4 Å². The molecule has 0 spiro atoms. The quantitative estimate of drug-likeness (QED) is 0.890. The van der Waals surface area contributed by atoms with E-state index in [1.165, 1.54) is 18.2 Å². The molecule has 0 saturated carbocycles. The van der Waals surface area contributed by atoms with Crippen LogP contribution in [0, 0.1) is 11.6 Å². The topological polar surface area (TPSA) is 32.3 Å². The Morgan fingerprint density at radius 2 is 1.91 bits per heavy atom. The molecule has 2 aromatic rings. The number of rotatable bonds is 6. The summed E-state index contributed by atoms with van der Waals surface area (Å²) in [7, 11) is 1.77. The summed E-state index contributed by atoms with van der Waals surface area (Å²) in [5, 5.41) is 2.67. The fraction of sp³-hybridized carbons (Fsp3) is 0.235. The van der Waals surface area contributed by atoms with E-state index in [1.807, 2.05) is 0 Å². The molecule has 3 nitrogen and oxygen atoms in total. The number of carbonyl (C=O) groups excluding carboxylic acids is 1. The molecule has 2 aromatic carbocycles. The molecule has 0 heterocycles. The molecule has 22 heavy (non-hydrogen) atoms. The zero-order chi connectivity index (χ0) is 15.9. The first-order valence-corrected chi connectivity index (χ1v) is 6.97. The van der Waals surface area contributed by atoms with Crippen LogP contribution < -0.4 is 5.32 Å². The van der Waals surface area contributed by atoms with Crippen molar-refractivity contribution in [3.8, 4) is 0 Å². The molecule has 0 unspecified atom stereocenters. The Kier molecular flexibility index (Phi) is 5.61. The molecule has 0 saturated heterocycles. The summed E-state index contributed by atoms with van der Waals surface area (Å²) in [5.74, 6) is -0.840. The van der Waals surface area contributed by atoms with E-state index in [-0.39, 0.29) is 30.6 Å². The standard InChI is InChI=1S/C17H18F2N2O/c1-21(11-13-5-4-7-15(18)9-13)12-17(22)20-10-14-6-2-3-8-16(14)19/h2-9H,10-12H2,1H3,(H,20,22). The fourth-order valence-corrected chi connectivity index (χ4v) is 2.14. The lowest BCUT2D eigenvalue weighted by atomic mass is 10.2. The summed E-state index contributed by atoms with van der Waals surface area (Å²) in [4.78, 5) is 13.6. The Bertz CT molecular complexity index is 646. The van der Waals surface area contributed by atoms with Crippen molar-refractivity contribution in [1.29, 1.82) is 0 Å². The van der Waals surface area contributed by atoms with Crippen LogP contribution in [-0.2, 0) is 17.9 Å². The Labute approximate surface area is 128 Å². The van der Waals surface area contributed by atoms with E-state index in [0.29, 0.717) is 12.1 Å². The number of amides is 1. The van der Waals surface area contributed by atoms with Gasteiger partial charge in [0.1, 0.15) is 11.6 Å². The van der Waals surface area contributed by atoms with E-state index in [9.17, 15) is 13.6 Å². The molecule has 0 fully saturated rings. The molecular formula is C17H18F2N2O. The maximum absolute atomic E-state index is 13.4. The van der Waals surface area contributed by atoms with Crippen molar-refractivity contribution < 1.29 is 13.6 Å². The first kappa shape index (κ1) is 16.1. The molecular weight excluding hydrogens is 286 g/mol. The van der Waals surface area contributed by atoms with Gasteiger partial charge in [0.05, 0.1) is 6.54 Å². The van der Waals surface area contributed by atoms with Gasteiger partial charge in [0.2, 0.25) is 5.91 Å². The summed E-state index contributed by atoms with van der Waals surface area (Å²) in [6, 6.07) is 12.6.